The Morgan fingerprint density at radius 3 is 1.37 bits per heavy atom. The Hall–Kier alpha value is -8.49. The lowest BCUT2D eigenvalue weighted by Crippen LogP contribution is -2.49. The maximum Gasteiger partial charge on any atom is 0.337 e. The molecule has 2 saturated carbocycles. The van der Waals surface area contributed by atoms with Crippen LogP contribution >= 0.6 is 15.9 Å². The van der Waals surface area contributed by atoms with Crippen molar-refractivity contribution in [3.8, 4) is 34.0 Å². The molecule has 2 saturated heterocycles. The van der Waals surface area contributed by atoms with Gasteiger partial charge in [-0.2, -0.15) is 10.2 Å². The average Bonchev–Trinajstić information content (AvgIpc) is 1.69. The Balaban J connectivity index is 0.000000175. The van der Waals surface area contributed by atoms with Crippen LogP contribution in [0.3, 0.4) is 0 Å². The SMILES string of the molecule is CN1CCN(C2CCC(n3nc(-c4ccc(OCc5ccc(Br)cc5)c(F)c4)c4c(N)ncnc43)CC2)CC1.COC(=O)c1ccc(COc2ccc(-c3nn(C4CCC(N5CCN(C)CC5)CC4)c4ncnc(N)c34)cc2F)cc1.O=C([O-])/C=C\C(=O)O. The second kappa shape index (κ2) is 29.2. The number of nitrogen functional groups attached to an aromatic ring is 2. The molecule has 2 aliphatic carbocycles. The van der Waals surface area contributed by atoms with Gasteiger partial charge in [0.2, 0.25) is 0 Å². The van der Waals surface area contributed by atoms with E-state index in [1.54, 1.807) is 42.5 Å². The van der Waals surface area contributed by atoms with E-state index < -0.39 is 29.5 Å². The van der Waals surface area contributed by atoms with Crippen LogP contribution in [0, 0.1) is 11.6 Å². The molecule has 0 bridgehead atoms. The van der Waals surface area contributed by atoms with Crippen LogP contribution in [-0.4, -0.2) is 168 Å². The molecule has 89 heavy (non-hydrogen) atoms. The zero-order valence-electron chi connectivity index (χ0n) is 49.9. The first kappa shape index (κ1) is 63.5. The number of piperazine rings is 2. The van der Waals surface area contributed by atoms with E-state index in [4.69, 9.17) is 41.0 Å². The van der Waals surface area contributed by atoms with Gasteiger partial charge in [-0.25, -0.2) is 47.7 Å². The summed E-state index contributed by atoms with van der Waals surface area (Å²) in [6.45, 7) is 9.45. The number of carboxylic acid groups (broad SMARTS) is 2. The number of hydrogen-bond acceptors (Lipinski definition) is 19. The third-order valence-corrected chi connectivity index (χ3v) is 17.5. The van der Waals surface area contributed by atoms with Crippen LogP contribution in [-0.2, 0) is 27.5 Å². The van der Waals surface area contributed by atoms with Gasteiger partial charge in [-0.3, -0.25) is 9.80 Å². The molecule has 4 aromatic carbocycles. The topological polar surface area (TPSA) is 274 Å². The zero-order chi connectivity index (χ0) is 62.7. The number of aromatic nitrogens is 8. The summed E-state index contributed by atoms with van der Waals surface area (Å²) in [7, 11) is 5.71. The van der Waals surface area contributed by atoms with E-state index >= 15 is 8.78 Å². The first-order valence-electron chi connectivity index (χ1n) is 29.7. The summed E-state index contributed by atoms with van der Waals surface area (Å²) in [6.07, 6.45) is 12.4. The van der Waals surface area contributed by atoms with Crippen LogP contribution in [0.4, 0.5) is 20.4 Å². The Morgan fingerprint density at radius 2 is 1.00 bits per heavy atom. The van der Waals surface area contributed by atoms with Gasteiger partial charge in [0.1, 0.15) is 48.9 Å². The number of rotatable bonds is 15. The van der Waals surface area contributed by atoms with Crippen molar-refractivity contribution in [1.82, 2.24) is 59.1 Å². The Kier molecular flexibility index (Phi) is 20.9. The molecule has 0 atom stereocenters. The molecule has 2 aliphatic heterocycles. The monoisotopic (exact) mass is 1280 g/mol. The summed E-state index contributed by atoms with van der Waals surface area (Å²) in [5, 5.41) is 28.5. The average molecular weight is 1280 g/mol. The lowest BCUT2D eigenvalue weighted by atomic mass is 9.90. The normalized spacial score (nSPS) is 19.5. The van der Waals surface area contributed by atoms with Crippen molar-refractivity contribution in [2.75, 3.05) is 85.0 Å². The van der Waals surface area contributed by atoms with Gasteiger partial charge in [0.25, 0.3) is 0 Å². The summed E-state index contributed by atoms with van der Waals surface area (Å²) < 4.78 is 51.6. The lowest BCUT2D eigenvalue weighted by molar-refractivity contribution is -0.297. The molecular formula is C64H72BrF2N14O8-. The Labute approximate surface area is 522 Å². The predicted octanol–water partition coefficient (Wildman–Crippen LogP) is 7.98. The molecule has 5 N–H and O–H groups in total. The summed E-state index contributed by atoms with van der Waals surface area (Å²) in [6, 6.07) is 25.9. The molecular weight excluding hydrogens is 1210 g/mol. The number of anilines is 2. The molecule has 0 unspecified atom stereocenters. The van der Waals surface area contributed by atoms with Gasteiger partial charge in [-0.15, -0.1) is 0 Å². The molecule has 6 heterocycles. The molecule has 25 heteroatoms. The second-order valence-corrected chi connectivity index (χ2v) is 23.7. The van der Waals surface area contributed by atoms with Gasteiger partial charge in [0.15, 0.2) is 34.4 Å². The van der Waals surface area contributed by atoms with Crippen molar-refractivity contribution in [2.45, 2.75) is 88.7 Å². The summed E-state index contributed by atoms with van der Waals surface area (Å²) in [5.41, 5.74) is 18.6. The van der Waals surface area contributed by atoms with Crippen molar-refractivity contribution in [2.24, 2.45) is 0 Å². The van der Waals surface area contributed by atoms with Gasteiger partial charge < -0.3 is 50.5 Å². The first-order chi connectivity index (χ1) is 43.0. The molecule has 0 spiro atoms. The third-order valence-electron chi connectivity index (χ3n) is 17.0. The molecule has 468 valence electrons. The van der Waals surface area contributed by atoms with Crippen LogP contribution in [0.15, 0.2) is 114 Å². The van der Waals surface area contributed by atoms with Crippen molar-refractivity contribution >= 4 is 67.5 Å². The lowest BCUT2D eigenvalue weighted by Gasteiger charge is -2.41. The van der Waals surface area contributed by atoms with E-state index in [0.29, 0.717) is 86.0 Å². The smallest absolute Gasteiger partial charge is 0.337 e. The highest BCUT2D eigenvalue weighted by Crippen LogP contribution is 2.40. The highest BCUT2D eigenvalue weighted by Gasteiger charge is 2.33. The van der Waals surface area contributed by atoms with Crippen LogP contribution in [0.5, 0.6) is 11.5 Å². The fourth-order valence-electron chi connectivity index (χ4n) is 12.0. The first-order valence-corrected chi connectivity index (χ1v) is 30.5. The Morgan fingerprint density at radius 1 is 0.596 bits per heavy atom. The van der Waals surface area contributed by atoms with Crippen molar-refractivity contribution in [3.05, 3.63) is 143 Å². The number of benzene rings is 4. The van der Waals surface area contributed by atoms with Crippen LogP contribution in [0.2, 0.25) is 0 Å². The van der Waals surface area contributed by atoms with Crippen molar-refractivity contribution < 1.29 is 47.6 Å². The number of likely N-dealkylation sites (N-methyl/N-ethyl adjacent to an activating group) is 2. The van der Waals surface area contributed by atoms with E-state index in [2.05, 4.69) is 69.6 Å². The molecule has 4 aliphatic rings. The van der Waals surface area contributed by atoms with Gasteiger partial charge in [0, 0.05) is 86.1 Å². The number of aliphatic carboxylic acids is 2. The minimum Gasteiger partial charge on any atom is -0.545 e. The number of esters is 1. The molecule has 4 fully saturated rings. The van der Waals surface area contributed by atoms with E-state index in [-0.39, 0.29) is 36.8 Å². The number of carboxylic acids is 2. The minimum absolute atomic E-state index is 0.117. The second-order valence-electron chi connectivity index (χ2n) is 22.8. The minimum atomic E-state index is -1.51. The molecule has 8 aromatic rings. The van der Waals surface area contributed by atoms with E-state index in [9.17, 15) is 19.5 Å². The fraction of sp³-hybridized carbons (Fsp3) is 0.391. The number of halogens is 3. The molecule has 0 radical (unpaired) electrons. The molecule has 4 aromatic heterocycles. The standard InChI is InChI=1S/C31H36FN7O3.C29H33BrFN7O.C4H4O4/c1-37-13-15-38(16-14-37)23-8-10-24(11-9-23)39-30-27(29(33)34-19-35-30)28(36-39)22-7-12-26(25(32)17-22)42-18-20-3-5-21(6-4-20)31(40)41-2;1-36-12-14-37(15-13-36)22-7-9-23(10-8-22)38-29-26(28(32)33-18-34-29)27(35-38)20-4-11-25(24(31)16-20)39-17-19-2-5-21(30)6-3-19;5-3(6)1-2-4(7)8/h3-7,12,17,19,23-24H,8-11,13-16,18H2,1-2H3,(H2,33,34,35);2-6,11,16,18,22-23H,7-10,12-15,17H2,1H3,(H2,32,33,34);1-2H,(H,5,6)(H,7,8)/p-1/b;;2-1-. The van der Waals surface area contributed by atoms with Crippen LogP contribution in [0.25, 0.3) is 44.6 Å². The number of carbonyl (C=O) groups excluding carboxylic acids is 2. The third kappa shape index (κ3) is 15.7. The number of carbonyl (C=O) groups is 3. The van der Waals surface area contributed by atoms with Crippen molar-refractivity contribution in [3.63, 3.8) is 0 Å². The highest BCUT2D eigenvalue weighted by atomic mass is 79.9. The van der Waals surface area contributed by atoms with E-state index in [1.165, 1.54) is 31.9 Å². The molecule has 12 rings (SSSR count). The van der Waals surface area contributed by atoms with Crippen molar-refractivity contribution in [1.29, 1.82) is 0 Å². The summed E-state index contributed by atoms with van der Waals surface area (Å²) in [5.74, 6) is -3.19. The maximum atomic E-state index is 15.3. The number of ether oxygens (including phenoxy) is 3. The highest BCUT2D eigenvalue weighted by molar-refractivity contribution is 9.10. The quantitative estimate of drug-likeness (QED) is 0.0648. The number of nitrogens with two attached hydrogens (primary N) is 2. The number of fused-ring (bicyclic) bond motifs is 2. The molecule has 22 nitrogen and oxygen atoms in total. The van der Waals surface area contributed by atoms with E-state index in [1.807, 2.05) is 39.7 Å². The summed E-state index contributed by atoms with van der Waals surface area (Å²) >= 11 is 3.42. The van der Waals surface area contributed by atoms with E-state index in [0.717, 1.165) is 119 Å². The zero-order valence-corrected chi connectivity index (χ0v) is 51.5. The fourth-order valence-corrected chi connectivity index (χ4v) is 12.3. The van der Waals surface area contributed by atoms with Gasteiger partial charge in [0.05, 0.1) is 41.5 Å². The largest absolute Gasteiger partial charge is 0.545 e. The van der Waals surface area contributed by atoms with Gasteiger partial charge >= 0.3 is 11.9 Å². The van der Waals surface area contributed by atoms with Gasteiger partial charge in [-0.05, 0) is 143 Å². The summed E-state index contributed by atoms with van der Waals surface area (Å²) in [4.78, 5) is 58.2. The maximum absolute atomic E-state index is 15.3. The number of hydrogen-bond donors (Lipinski definition) is 3. The van der Waals surface area contributed by atoms with Crippen LogP contribution in [0.1, 0.15) is 84.9 Å². The van der Waals surface area contributed by atoms with Crippen LogP contribution < -0.4 is 26.0 Å². The molecule has 0 amide bonds. The Bertz CT molecular complexity index is 3770. The predicted molar refractivity (Wildman–Crippen MR) is 333 cm³/mol. The number of nitrogens with zero attached hydrogens (tertiary/aromatic N) is 12. The number of methoxy groups -OCH3 is 1. The van der Waals surface area contributed by atoms with Gasteiger partial charge in [-0.1, -0.05) is 40.2 Å².